The fourth-order valence-electron chi connectivity index (χ4n) is 3.25. The molecule has 7 nitrogen and oxygen atoms in total. The van der Waals surface area contributed by atoms with Crippen LogP contribution in [0.1, 0.15) is 47.4 Å². The number of hydrogen-bond donors (Lipinski definition) is 1. The van der Waals surface area contributed by atoms with E-state index in [0.717, 1.165) is 9.80 Å². The molecule has 0 atom stereocenters. The van der Waals surface area contributed by atoms with E-state index in [1.807, 2.05) is 13.8 Å². The second-order valence-electron chi connectivity index (χ2n) is 5.98. The van der Waals surface area contributed by atoms with E-state index in [0.29, 0.717) is 24.0 Å². The zero-order chi connectivity index (χ0) is 17.5. The van der Waals surface area contributed by atoms with Crippen LogP contribution in [0.4, 0.5) is 4.79 Å². The Morgan fingerprint density at radius 2 is 1.38 bits per heavy atom. The Kier molecular flexibility index (Phi) is 3.87. The number of rotatable bonds is 5. The number of imide groups is 2. The van der Waals surface area contributed by atoms with E-state index in [4.69, 9.17) is 0 Å². The Bertz CT molecular complexity index is 704. The molecular weight excluding hydrogens is 310 g/mol. The summed E-state index contributed by atoms with van der Waals surface area (Å²) in [6.07, 6.45) is 0.995. The molecule has 1 aromatic rings. The fourth-order valence-corrected chi connectivity index (χ4v) is 3.25. The molecule has 0 saturated carbocycles. The summed E-state index contributed by atoms with van der Waals surface area (Å²) in [4.78, 5) is 51.5. The summed E-state index contributed by atoms with van der Waals surface area (Å²) in [5.41, 5.74) is -0.161. The van der Waals surface area contributed by atoms with Crippen LogP contribution in [0.2, 0.25) is 0 Å². The topological polar surface area (TPSA) is 86.8 Å². The van der Waals surface area contributed by atoms with E-state index < -0.39 is 11.6 Å². The Labute approximate surface area is 139 Å². The Morgan fingerprint density at radius 1 is 0.875 bits per heavy atom. The van der Waals surface area contributed by atoms with Gasteiger partial charge in [0.1, 0.15) is 5.54 Å². The van der Waals surface area contributed by atoms with Crippen LogP contribution < -0.4 is 5.32 Å². The summed E-state index contributed by atoms with van der Waals surface area (Å²) >= 11 is 0. The van der Waals surface area contributed by atoms with Gasteiger partial charge in [0.25, 0.3) is 17.7 Å². The summed E-state index contributed by atoms with van der Waals surface area (Å²) in [7, 11) is 0. The molecule has 0 aliphatic carbocycles. The van der Waals surface area contributed by atoms with E-state index in [9.17, 15) is 19.2 Å². The maximum atomic E-state index is 12.5. The number of nitrogens with one attached hydrogen (secondary N) is 1. The number of carbonyl (C=O) groups is 4. The first-order valence-corrected chi connectivity index (χ1v) is 8.04. The molecule has 0 aromatic heterocycles. The Balaban J connectivity index is 1.74. The van der Waals surface area contributed by atoms with Gasteiger partial charge in [-0.05, 0) is 25.0 Å². The lowest BCUT2D eigenvalue weighted by Gasteiger charge is -2.23. The van der Waals surface area contributed by atoms with E-state index in [1.54, 1.807) is 24.3 Å². The summed E-state index contributed by atoms with van der Waals surface area (Å²) in [6.45, 7) is 3.68. The van der Waals surface area contributed by atoms with Crippen molar-refractivity contribution in [1.29, 1.82) is 0 Å². The van der Waals surface area contributed by atoms with Crippen molar-refractivity contribution < 1.29 is 19.2 Å². The molecule has 2 aliphatic rings. The Morgan fingerprint density at radius 3 is 1.83 bits per heavy atom. The average Bonchev–Trinajstić information content (AvgIpc) is 2.99. The highest BCUT2D eigenvalue weighted by Gasteiger charge is 2.49. The molecule has 0 spiro atoms. The monoisotopic (exact) mass is 329 g/mol. The first-order chi connectivity index (χ1) is 11.4. The van der Waals surface area contributed by atoms with Gasteiger partial charge in [-0.25, -0.2) is 4.79 Å². The molecule has 1 N–H and O–H groups in total. The summed E-state index contributed by atoms with van der Waals surface area (Å²) in [6, 6.07) is 6.12. The molecule has 0 radical (unpaired) electrons. The maximum absolute atomic E-state index is 12.5. The summed E-state index contributed by atoms with van der Waals surface area (Å²) in [5, 5.41) is 2.73. The largest absolute Gasteiger partial charge is 0.325 e. The molecule has 3 rings (SSSR count). The third kappa shape index (κ3) is 2.19. The average molecular weight is 329 g/mol. The van der Waals surface area contributed by atoms with Crippen molar-refractivity contribution in [2.45, 2.75) is 32.2 Å². The minimum atomic E-state index is -0.876. The van der Waals surface area contributed by atoms with Crippen LogP contribution in [0, 0.1) is 0 Å². The molecular formula is C17H19N3O4. The molecule has 1 fully saturated rings. The van der Waals surface area contributed by atoms with Crippen LogP contribution >= 0.6 is 0 Å². The number of fused-ring (bicyclic) bond motifs is 1. The van der Waals surface area contributed by atoms with E-state index >= 15 is 0 Å². The summed E-state index contributed by atoms with van der Waals surface area (Å²) in [5.74, 6) is -1.08. The third-order valence-electron chi connectivity index (χ3n) is 4.88. The molecule has 5 amide bonds. The SMILES string of the molecule is CCC1(CC)NC(=O)N(CCN2C(=O)c3ccccc3C2=O)C1=O. The lowest BCUT2D eigenvalue weighted by atomic mass is 9.93. The van der Waals surface area contributed by atoms with Gasteiger partial charge in [-0.3, -0.25) is 24.2 Å². The number of carbonyl (C=O) groups excluding carboxylic acids is 4. The molecule has 0 bridgehead atoms. The zero-order valence-corrected chi connectivity index (χ0v) is 13.7. The molecule has 1 saturated heterocycles. The lowest BCUT2D eigenvalue weighted by Crippen LogP contribution is -2.46. The Hall–Kier alpha value is -2.70. The van der Waals surface area contributed by atoms with Crippen molar-refractivity contribution in [2.75, 3.05) is 13.1 Å². The van der Waals surface area contributed by atoms with Crippen molar-refractivity contribution in [3.05, 3.63) is 35.4 Å². The van der Waals surface area contributed by atoms with Gasteiger partial charge in [0, 0.05) is 13.1 Å². The van der Waals surface area contributed by atoms with Gasteiger partial charge in [0.2, 0.25) is 0 Å². The molecule has 7 heteroatoms. The standard InChI is InChI=1S/C17H19N3O4/c1-3-17(4-2)15(23)20(16(24)18-17)10-9-19-13(21)11-7-5-6-8-12(11)14(19)22/h5-8H,3-4,9-10H2,1-2H3,(H,18,24). The van der Waals surface area contributed by atoms with Crippen molar-refractivity contribution in [2.24, 2.45) is 0 Å². The van der Waals surface area contributed by atoms with Crippen LogP contribution in [0.25, 0.3) is 0 Å². The van der Waals surface area contributed by atoms with Crippen LogP contribution in [0.3, 0.4) is 0 Å². The van der Waals surface area contributed by atoms with Crippen LogP contribution in [-0.2, 0) is 4.79 Å². The first kappa shape index (κ1) is 16.2. The predicted octanol–water partition coefficient (Wildman–Crippen LogP) is 1.39. The highest BCUT2D eigenvalue weighted by molar-refractivity contribution is 6.21. The first-order valence-electron chi connectivity index (χ1n) is 8.04. The van der Waals surface area contributed by atoms with Gasteiger partial charge in [0.05, 0.1) is 11.1 Å². The molecule has 2 aliphatic heterocycles. The lowest BCUT2D eigenvalue weighted by molar-refractivity contribution is -0.131. The van der Waals surface area contributed by atoms with Gasteiger partial charge >= 0.3 is 6.03 Å². The van der Waals surface area contributed by atoms with Crippen molar-refractivity contribution in [1.82, 2.24) is 15.1 Å². The van der Waals surface area contributed by atoms with E-state index in [1.165, 1.54) is 0 Å². The van der Waals surface area contributed by atoms with Crippen molar-refractivity contribution in [3.63, 3.8) is 0 Å². The predicted molar refractivity (Wildman–Crippen MR) is 85.4 cm³/mol. The highest BCUT2D eigenvalue weighted by atomic mass is 16.2. The number of hydrogen-bond acceptors (Lipinski definition) is 4. The van der Waals surface area contributed by atoms with Crippen molar-refractivity contribution in [3.8, 4) is 0 Å². The summed E-state index contributed by atoms with van der Waals surface area (Å²) < 4.78 is 0. The van der Waals surface area contributed by atoms with Gasteiger partial charge < -0.3 is 5.32 Å². The van der Waals surface area contributed by atoms with E-state index in [2.05, 4.69) is 5.32 Å². The number of nitrogens with zero attached hydrogens (tertiary/aromatic N) is 2. The van der Waals surface area contributed by atoms with E-state index in [-0.39, 0.29) is 30.8 Å². The molecule has 126 valence electrons. The molecule has 2 heterocycles. The van der Waals surface area contributed by atoms with Gasteiger partial charge in [-0.2, -0.15) is 0 Å². The maximum Gasteiger partial charge on any atom is 0.325 e. The minimum absolute atomic E-state index is 0.00210. The smallest absolute Gasteiger partial charge is 0.323 e. The van der Waals surface area contributed by atoms with Crippen molar-refractivity contribution >= 4 is 23.8 Å². The highest BCUT2D eigenvalue weighted by Crippen LogP contribution is 2.26. The fraction of sp³-hybridized carbons (Fsp3) is 0.412. The van der Waals surface area contributed by atoms with Gasteiger partial charge in [0.15, 0.2) is 0 Å². The number of amides is 5. The normalized spacial score (nSPS) is 19.1. The molecule has 1 aromatic carbocycles. The molecule has 24 heavy (non-hydrogen) atoms. The van der Waals surface area contributed by atoms with Crippen LogP contribution in [0.15, 0.2) is 24.3 Å². The quantitative estimate of drug-likeness (QED) is 0.653. The van der Waals surface area contributed by atoms with Crippen LogP contribution in [-0.4, -0.2) is 52.2 Å². The molecule has 0 unspecified atom stereocenters. The second kappa shape index (κ2) is 5.74. The number of benzene rings is 1. The second-order valence-corrected chi connectivity index (χ2v) is 5.98. The minimum Gasteiger partial charge on any atom is -0.323 e. The number of urea groups is 1. The van der Waals surface area contributed by atoms with Gasteiger partial charge in [-0.1, -0.05) is 26.0 Å². The third-order valence-corrected chi connectivity index (χ3v) is 4.88. The van der Waals surface area contributed by atoms with Crippen LogP contribution in [0.5, 0.6) is 0 Å². The van der Waals surface area contributed by atoms with Gasteiger partial charge in [-0.15, -0.1) is 0 Å². The zero-order valence-electron chi connectivity index (χ0n) is 13.7.